The van der Waals surface area contributed by atoms with E-state index in [1.165, 1.54) is 6.07 Å². The van der Waals surface area contributed by atoms with Crippen molar-refractivity contribution in [1.82, 2.24) is 0 Å². The normalized spacial score (nSPS) is 11.0. The van der Waals surface area contributed by atoms with E-state index in [0.29, 0.717) is 33.0 Å². The summed E-state index contributed by atoms with van der Waals surface area (Å²) in [5.41, 5.74) is 1.96. The minimum atomic E-state index is -0.497. The molecular formula is C27H18O4. The molecule has 31 heavy (non-hydrogen) atoms. The number of rotatable bonds is 3. The number of hydrogen-bond donors (Lipinski definition) is 2. The first-order chi connectivity index (χ1) is 15.1. The minimum absolute atomic E-state index is 0.131. The van der Waals surface area contributed by atoms with Gasteiger partial charge in [-0.25, -0.2) is 4.79 Å². The minimum Gasteiger partial charge on any atom is -0.507 e. The molecule has 150 valence electrons. The van der Waals surface area contributed by atoms with E-state index < -0.39 is 5.97 Å². The van der Waals surface area contributed by atoms with E-state index in [4.69, 9.17) is 4.74 Å². The number of fused-ring (bicyclic) bond motifs is 2. The van der Waals surface area contributed by atoms with E-state index in [-0.39, 0.29) is 11.5 Å². The Hall–Kier alpha value is -4.31. The number of phenols is 2. The van der Waals surface area contributed by atoms with E-state index in [0.717, 1.165) is 10.9 Å². The molecule has 4 nitrogen and oxygen atoms in total. The molecule has 0 fully saturated rings. The van der Waals surface area contributed by atoms with Gasteiger partial charge in [0, 0.05) is 16.2 Å². The lowest BCUT2D eigenvalue weighted by atomic mass is 9.94. The largest absolute Gasteiger partial charge is 0.507 e. The number of aromatic hydroxyl groups is 2. The molecule has 0 radical (unpaired) electrons. The first-order valence-electron chi connectivity index (χ1n) is 9.86. The van der Waals surface area contributed by atoms with Crippen molar-refractivity contribution < 1.29 is 19.7 Å². The van der Waals surface area contributed by atoms with Crippen LogP contribution in [0.25, 0.3) is 32.7 Å². The fourth-order valence-corrected chi connectivity index (χ4v) is 3.91. The molecule has 5 rings (SSSR count). The molecule has 0 aliphatic heterocycles. The van der Waals surface area contributed by atoms with Gasteiger partial charge in [0.25, 0.3) is 0 Å². The summed E-state index contributed by atoms with van der Waals surface area (Å²) >= 11 is 0. The van der Waals surface area contributed by atoms with Crippen LogP contribution in [-0.2, 0) is 0 Å². The predicted molar refractivity (Wildman–Crippen MR) is 122 cm³/mol. The first kappa shape index (κ1) is 18.7. The van der Waals surface area contributed by atoms with Gasteiger partial charge in [-0.15, -0.1) is 0 Å². The van der Waals surface area contributed by atoms with Crippen molar-refractivity contribution in [3.8, 4) is 28.4 Å². The highest BCUT2D eigenvalue weighted by Gasteiger charge is 2.18. The lowest BCUT2D eigenvalue weighted by Crippen LogP contribution is -2.10. The number of phenolic OH excluding ortho intramolecular Hbond substituents is 2. The molecule has 4 heteroatoms. The Kier molecular flexibility index (Phi) is 4.53. The third-order valence-corrected chi connectivity index (χ3v) is 5.40. The van der Waals surface area contributed by atoms with Gasteiger partial charge in [0.1, 0.15) is 17.2 Å². The van der Waals surface area contributed by atoms with Gasteiger partial charge in [0.05, 0.1) is 5.56 Å². The van der Waals surface area contributed by atoms with Crippen LogP contribution in [-0.4, -0.2) is 16.2 Å². The van der Waals surface area contributed by atoms with E-state index in [1.807, 2.05) is 48.5 Å². The number of ether oxygens (including phenoxy) is 1. The first-order valence-corrected chi connectivity index (χ1v) is 9.86. The van der Waals surface area contributed by atoms with Crippen LogP contribution in [0.1, 0.15) is 10.4 Å². The highest BCUT2D eigenvalue weighted by atomic mass is 16.5. The van der Waals surface area contributed by atoms with Crippen molar-refractivity contribution >= 4 is 27.5 Å². The molecule has 0 aliphatic carbocycles. The van der Waals surface area contributed by atoms with Crippen LogP contribution in [0, 0.1) is 0 Å². The zero-order valence-electron chi connectivity index (χ0n) is 16.4. The Morgan fingerprint density at radius 3 is 1.84 bits per heavy atom. The second-order valence-electron chi connectivity index (χ2n) is 7.24. The molecular weight excluding hydrogens is 388 g/mol. The monoisotopic (exact) mass is 406 g/mol. The maximum absolute atomic E-state index is 13.2. The Morgan fingerprint density at radius 1 is 0.548 bits per heavy atom. The quantitative estimate of drug-likeness (QED) is 0.273. The summed E-state index contributed by atoms with van der Waals surface area (Å²) in [5, 5.41) is 23.2. The number of esters is 1. The Balaban J connectivity index is 1.61. The van der Waals surface area contributed by atoms with Gasteiger partial charge < -0.3 is 14.9 Å². The summed E-state index contributed by atoms with van der Waals surface area (Å²) in [5.74, 6) is 0.202. The number of hydrogen-bond acceptors (Lipinski definition) is 4. The second kappa shape index (κ2) is 7.50. The molecule has 5 aromatic rings. The molecule has 0 heterocycles. The topological polar surface area (TPSA) is 66.8 Å². The standard InChI is InChI=1S/C27H18O4/c28-24-14-13-19(17-7-1-3-9-20(17)24)18-8-2-6-12-23(18)27(30)31-26-16-15-25(29)21-10-4-5-11-22(21)26/h1-16,28-29H. The summed E-state index contributed by atoms with van der Waals surface area (Å²) < 4.78 is 5.77. The molecule has 0 saturated heterocycles. The molecule has 0 aromatic heterocycles. The van der Waals surface area contributed by atoms with Crippen molar-refractivity contribution in [3.05, 3.63) is 103 Å². The number of benzene rings is 5. The van der Waals surface area contributed by atoms with Gasteiger partial charge >= 0.3 is 5.97 Å². The van der Waals surface area contributed by atoms with Crippen molar-refractivity contribution in [2.24, 2.45) is 0 Å². The average Bonchev–Trinajstić information content (AvgIpc) is 2.81. The van der Waals surface area contributed by atoms with Crippen LogP contribution in [0.2, 0.25) is 0 Å². The van der Waals surface area contributed by atoms with Gasteiger partial charge in [-0.3, -0.25) is 0 Å². The molecule has 0 saturated carbocycles. The van der Waals surface area contributed by atoms with E-state index in [9.17, 15) is 15.0 Å². The summed E-state index contributed by atoms with van der Waals surface area (Å²) in [6.45, 7) is 0. The molecule has 0 aliphatic rings. The van der Waals surface area contributed by atoms with E-state index in [2.05, 4.69) is 0 Å². The predicted octanol–water partition coefficient (Wildman–Crippen LogP) is 6.29. The lowest BCUT2D eigenvalue weighted by Gasteiger charge is -2.14. The zero-order valence-corrected chi connectivity index (χ0v) is 16.4. The molecule has 5 aromatic carbocycles. The third kappa shape index (κ3) is 3.24. The van der Waals surface area contributed by atoms with Gasteiger partial charge in [0.2, 0.25) is 0 Å². The average molecular weight is 406 g/mol. The van der Waals surface area contributed by atoms with Crippen LogP contribution in [0.4, 0.5) is 0 Å². The Labute approximate surface area is 178 Å². The highest BCUT2D eigenvalue weighted by molar-refractivity contribution is 6.06. The van der Waals surface area contributed by atoms with Crippen molar-refractivity contribution in [3.63, 3.8) is 0 Å². The SMILES string of the molecule is O=C(Oc1ccc(O)c2ccccc12)c1ccccc1-c1ccc(O)c2ccccc12. The van der Waals surface area contributed by atoms with Crippen LogP contribution in [0.3, 0.4) is 0 Å². The molecule has 0 amide bonds. The van der Waals surface area contributed by atoms with Gasteiger partial charge in [-0.05, 0) is 40.8 Å². The van der Waals surface area contributed by atoms with Crippen LogP contribution >= 0.6 is 0 Å². The van der Waals surface area contributed by atoms with Crippen molar-refractivity contribution in [1.29, 1.82) is 0 Å². The highest BCUT2D eigenvalue weighted by Crippen LogP contribution is 2.37. The molecule has 2 N–H and O–H groups in total. The van der Waals surface area contributed by atoms with Crippen LogP contribution in [0.15, 0.2) is 97.1 Å². The zero-order chi connectivity index (χ0) is 21.4. The summed E-state index contributed by atoms with van der Waals surface area (Å²) in [6, 6.07) is 28.5. The van der Waals surface area contributed by atoms with Crippen LogP contribution < -0.4 is 4.74 Å². The second-order valence-corrected chi connectivity index (χ2v) is 7.24. The Morgan fingerprint density at radius 2 is 1.10 bits per heavy atom. The smallest absolute Gasteiger partial charge is 0.344 e. The number of carbonyl (C=O) groups excluding carboxylic acids is 1. The van der Waals surface area contributed by atoms with E-state index in [1.54, 1.807) is 42.5 Å². The summed E-state index contributed by atoms with van der Waals surface area (Å²) in [4.78, 5) is 13.2. The van der Waals surface area contributed by atoms with Gasteiger partial charge in [0.15, 0.2) is 0 Å². The van der Waals surface area contributed by atoms with E-state index >= 15 is 0 Å². The molecule has 0 atom stereocenters. The molecule has 0 unspecified atom stereocenters. The number of carbonyl (C=O) groups is 1. The van der Waals surface area contributed by atoms with Crippen LogP contribution in [0.5, 0.6) is 17.2 Å². The molecule has 0 spiro atoms. The van der Waals surface area contributed by atoms with Crippen molar-refractivity contribution in [2.75, 3.05) is 0 Å². The fourth-order valence-electron chi connectivity index (χ4n) is 3.91. The lowest BCUT2D eigenvalue weighted by molar-refractivity contribution is 0.0738. The van der Waals surface area contributed by atoms with Crippen molar-refractivity contribution in [2.45, 2.75) is 0 Å². The molecule has 0 bridgehead atoms. The third-order valence-electron chi connectivity index (χ3n) is 5.40. The summed E-state index contributed by atoms with van der Waals surface area (Å²) in [6.07, 6.45) is 0. The van der Waals surface area contributed by atoms with Gasteiger partial charge in [-0.1, -0.05) is 72.8 Å². The summed E-state index contributed by atoms with van der Waals surface area (Å²) in [7, 11) is 0. The van der Waals surface area contributed by atoms with Gasteiger partial charge in [-0.2, -0.15) is 0 Å². The maximum atomic E-state index is 13.2. The fraction of sp³-hybridized carbons (Fsp3) is 0. The Bertz CT molecular complexity index is 1450. The maximum Gasteiger partial charge on any atom is 0.344 e.